The van der Waals surface area contributed by atoms with Crippen molar-refractivity contribution in [3.8, 4) is 0 Å². The van der Waals surface area contributed by atoms with E-state index in [1.165, 1.54) is 0 Å². The number of ether oxygens (including phenoxy) is 1. The molecule has 1 heterocycles. The molecule has 6 nitrogen and oxygen atoms in total. The Kier molecular flexibility index (Phi) is 6.68. The fourth-order valence-corrected chi connectivity index (χ4v) is 5.49. The maximum Gasteiger partial charge on any atom is 0.339 e. The number of benzene rings is 1. The van der Waals surface area contributed by atoms with E-state index in [0.717, 1.165) is 16.7 Å². The highest BCUT2D eigenvalue weighted by molar-refractivity contribution is 7.91. The smallest absolute Gasteiger partial charge is 0.339 e. The summed E-state index contributed by atoms with van der Waals surface area (Å²) in [4.78, 5) is 26.8. The van der Waals surface area contributed by atoms with Crippen LogP contribution in [0.1, 0.15) is 53.7 Å². The zero-order valence-corrected chi connectivity index (χ0v) is 17.6. The molecule has 27 heavy (non-hydrogen) atoms. The second-order valence-electron chi connectivity index (χ2n) is 7.46. The third-order valence-corrected chi connectivity index (χ3v) is 6.91. The number of hydrogen-bond donors (Lipinski definition) is 0. The van der Waals surface area contributed by atoms with Crippen LogP contribution in [0.3, 0.4) is 0 Å². The van der Waals surface area contributed by atoms with Gasteiger partial charge in [0.25, 0.3) is 5.91 Å². The largest absolute Gasteiger partial charge is 0.452 e. The third-order valence-electron chi connectivity index (χ3n) is 5.16. The fraction of sp³-hybridized carbons (Fsp3) is 0.600. The molecule has 0 bridgehead atoms. The molecule has 0 aromatic heterocycles. The first-order valence-electron chi connectivity index (χ1n) is 9.32. The summed E-state index contributed by atoms with van der Waals surface area (Å²) in [5.41, 5.74) is 3.16. The van der Waals surface area contributed by atoms with Gasteiger partial charge in [-0.25, -0.2) is 13.2 Å². The Morgan fingerprint density at radius 1 is 1.22 bits per heavy atom. The van der Waals surface area contributed by atoms with Gasteiger partial charge in [0, 0.05) is 12.1 Å². The number of sulfone groups is 1. The van der Waals surface area contributed by atoms with E-state index >= 15 is 0 Å². The molecule has 0 radical (unpaired) electrons. The predicted octanol–water partition coefficient (Wildman–Crippen LogP) is 2.58. The summed E-state index contributed by atoms with van der Waals surface area (Å²) in [6.45, 7) is 9.09. The molecule has 1 amide bonds. The van der Waals surface area contributed by atoms with Crippen molar-refractivity contribution in [1.82, 2.24) is 4.90 Å². The van der Waals surface area contributed by atoms with Crippen molar-refractivity contribution in [3.05, 3.63) is 34.4 Å². The number of hydrogen-bond acceptors (Lipinski definition) is 5. The van der Waals surface area contributed by atoms with Gasteiger partial charge >= 0.3 is 5.97 Å². The molecule has 1 aliphatic rings. The fourth-order valence-electron chi connectivity index (χ4n) is 3.78. The second-order valence-corrected chi connectivity index (χ2v) is 9.69. The lowest BCUT2D eigenvalue weighted by Gasteiger charge is -2.33. The second kappa shape index (κ2) is 8.42. The lowest BCUT2D eigenvalue weighted by atomic mass is 10.00. The van der Waals surface area contributed by atoms with Crippen LogP contribution in [-0.2, 0) is 19.4 Å². The van der Waals surface area contributed by atoms with Crippen LogP contribution < -0.4 is 0 Å². The van der Waals surface area contributed by atoms with Crippen LogP contribution in [0.2, 0.25) is 0 Å². The van der Waals surface area contributed by atoms with Crippen LogP contribution in [0.15, 0.2) is 12.1 Å². The SMILES string of the molecule is CCC(C)N(C(=O)COC(=O)c1c(C)cc(C)cc1C)C1CCS(=O)(=O)C1. The van der Waals surface area contributed by atoms with Gasteiger partial charge in [-0.2, -0.15) is 0 Å². The number of carbonyl (C=O) groups excluding carboxylic acids is 2. The molecule has 2 atom stereocenters. The van der Waals surface area contributed by atoms with E-state index in [0.29, 0.717) is 18.4 Å². The molecule has 0 spiro atoms. The number of carbonyl (C=O) groups is 2. The first-order valence-corrected chi connectivity index (χ1v) is 11.1. The summed E-state index contributed by atoms with van der Waals surface area (Å²) in [5, 5.41) is 0. The van der Waals surface area contributed by atoms with Gasteiger partial charge in [0.05, 0.1) is 17.1 Å². The molecule has 0 N–H and O–H groups in total. The summed E-state index contributed by atoms with van der Waals surface area (Å²) < 4.78 is 28.9. The topological polar surface area (TPSA) is 80.8 Å². The van der Waals surface area contributed by atoms with E-state index in [-0.39, 0.29) is 36.1 Å². The van der Waals surface area contributed by atoms with Gasteiger partial charge in [-0.1, -0.05) is 24.6 Å². The average Bonchev–Trinajstić information content (AvgIpc) is 2.91. The number of aryl methyl sites for hydroxylation is 3. The molecule has 150 valence electrons. The highest BCUT2D eigenvalue weighted by Crippen LogP contribution is 2.22. The van der Waals surface area contributed by atoms with Gasteiger partial charge in [0.15, 0.2) is 16.4 Å². The number of nitrogens with zero attached hydrogens (tertiary/aromatic N) is 1. The van der Waals surface area contributed by atoms with E-state index in [1.807, 2.05) is 46.8 Å². The van der Waals surface area contributed by atoms with Crippen molar-refractivity contribution in [3.63, 3.8) is 0 Å². The maximum absolute atomic E-state index is 12.8. The van der Waals surface area contributed by atoms with Crippen LogP contribution in [0.25, 0.3) is 0 Å². The molecule has 1 saturated heterocycles. The van der Waals surface area contributed by atoms with Crippen molar-refractivity contribution in [2.45, 2.75) is 59.5 Å². The summed E-state index contributed by atoms with van der Waals surface area (Å²) >= 11 is 0. The Labute approximate surface area is 161 Å². The molecule has 1 aliphatic heterocycles. The number of amides is 1. The lowest BCUT2D eigenvalue weighted by Crippen LogP contribution is -2.48. The van der Waals surface area contributed by atoms with Crippen LogP contribution >= 0.6 is 0 Å². The Bertz CT molecular complexity index is 808. The molecule has 0 aliphatic carbocycles. The molecule has 1 aromatic rings. The lowest BCUT2D eigenvalue weighted by molar-refractivity contribution is -0.138. The van der Waals surface area contributed by atoms with Crippen LogP contribution in [0, 0.1) is 20.8 Å². The minimum Gasteiger partial charge on any atom is -0.452 e. The van der Waals surface area contributed by atoms with Crippen LogP contribution in [0.4, 0.5) is 0 Å². The van der Waals surface area contributed by atoms with Gasteiger partial charge in [-0.3, -0.25) is 4.79 Å². The molecule has 2 rings (SSSR count). The summed E-state index contributed by atoms with van der Waals surface area (Å²) in [6.07, 6.45) is 1.13. The molecular formula is C20H29NO5S. The standard InChI is InChI=1S/C20H29NO5S/c1-6-16(5)21(17-7-8-27(24,25)12-17)18(22)11-26-20(23)19-14(3)9-13(2)10-15(19)4/h9-10,16-17H,6-8,11-12H2,1-5H3. The van der Waals surface area contributed by atoms with Gasteiger partial charge < -0.3 is 9.64 Å². The zero-order valence-electron chi connectivity index (χ0n) is 16.7. The van der Waals surface area contributed by atoms with Crippen LogP contribution in [0.5, 0.6) is 0 Å². The highest BCUT2D eigenvalue weighted by atomic mass is 32.2. The monoisotopic (exact) mass is 395 g/mol. The van der Waals surface area contributed by atoms with Gasteiger partial charge in [0.2, 0.25) is 0 Å². The Morgan fingerprint density at radius 3 is 2.30 bits per heavy atom. The molecule has 2 unspecified atom stereocenters. The molecule has 7 heteroatoms. The van der Waals surface area contributed by atoms with E-state index in [4.69, 9.17) is 4.74 Å². The first kappa shape index (κ1) is 21.4. The Morgan fingerprint density at radius 2 is 1.81 bits per heavy atom. The molecule has 1 aromatic carbocycles. The van der Waals surface area contributed by atoms with Gasteiger partial charge in [-0.05, 0) is 51.7 Å². The summed E-state index contributed by atoms with van der Waals surface area (Å²) in [6, 6.07) is 3.34. The van der Waals surface area contributed by atoms with E-state index in [9.17, 15) is 18.0 Å². The maximum atomic E-state index is 12.8. The van der Waals surface area contributed by atoms with E-state index < -0.39 is 15.8 Å². The number of esters is 1. The quantitative estimate of drug-likeness (QED) is 0.692. The van der Waals surface area contributed by atoms with Crippen molar-refractivity contribution in [2.75, 3.05) is 18.1 Å². The normalized spacial score (nSPS) is 19.5. The van der Waals surface area contributed by atoms with Crippen LogP contribution in [-0.4, -0.2) is 55.4 Å². The zero-order chi connectivity index (χ0) is 20.4. The van der Waals surface area contributed by atoms with Crippen molar-refractivity contribution >= 4 is 21.7 Å². The van der Waals surface area contributed by atoms with Gasteiger partial charge in [-0.15, -0.1) is 0 Å². The van der Waals surface area contributed by atoms with E-state index in [2.05, 4.69) is 0 Å². The highest BCUT2D eigenvalue weighted by Gasteiger charge is 2.36. The first-order chi connectivity index (χ1) is 12.6. The minimum atomic E-state index is -3.11. The van der Waals surface area contributed by atoms with Crippen molar-refractivity contribution in [2.24, 2.45) is 0 Å². The Hall–Kier alpha value is -1.89. The minimum absolute atomic E-state index is 0.0206. The summed E-state index contributed by atoms with van der Waals surface area (Å²) in [7, 11) is -3.11. The summed E-state index contributed by atoms with van der Waals surface area (Å²) in [5.74, 6) is -0.796. The predicted molar refractivity (Wildman–Crippen MR) is 105 cm³/mol. The number of rotatable bonds is 6. The van der Waals surface area contributed by atoms with E-state index in [1.54, 1.807) is 4.90 Å². The third kappa shape index (κ3) is 5.09. The van der Waals surface area contributed by atoms with Crippen molar-refractivity contribution in [1.29, 1.82) is 0 Å². The average molecular weight is 396 g/mol. The van der Waals surface area contributed by atoms with Gasteiger partial charge in [0.1, 0.15) is 0 Å². The molecule has 1 fully saturated rings. The Balaban J connectivity index is 2.11. The molecular weight excluding hydrogens is 366 g/mol. The van der Waals surface area contributed by atoms with Crippen molar-refractivity contribution < 1.29 is 22.7 Å². The molecule has 0 saturated carbocycles.